The van der Waals surface area contributed by atoms with Gasteiger partial charge in [0.25, 0.3) is 0 Å². The molecule has 0 rings (SSSR count). The number of hydrogen-bond acceptors (Lipinski definition) is 0. The fraction of sp³-hybridized carbons (Fsp3) is 0.667. The highest BCUT2D eigenvalue weighted by atomic mass is 31.7. The van der Waals surface area contributed by atoms with Gasteiger partial charge in [0.2, 0.25) is 0 Å². The summed E-state index contributed by atoms with van der Waals surface area (Å²) >= 11 is 0. The Bertz CT molecular complexity index is 76.9. The molecule has 0 fully saturated rings. The summed E-state index contributed by atoms with van der Waals surface area (Å²) in [5.74, 6) is 0. The van der Waals surface area contributed by atoms with Crippen LogP contribution in [0.2, 0.25) is 0 Å². The number of rotatable bonds is 0. The van der Waals surface area contributed by atoms with Crippen LogP contribution in [0.15, 0.2) is 0 Å². The van der Waals surface area contributed by atoms with Gasteiger partial charge in [0.05, 0.1) is 0 Å². The topological polar surface area (TPSA) is 0 Å². The second-order valence-electron chi connectivity index (χ2n) is 0.858. The van der Waals surface area contributed by atoms with E-state index in [0.29, 0.717) is 0 Å². The van der Waals surface area contributed by atoms with E-state index < -0.39 is 0 Å². The Hall–Kier alpha value is 0.470. The van der Waals surface area contributed by atoms with Gasteiger partial charge in [-0.05, 0) is 13.3 Å². The lowest BCUT2D eigenvalue weighted by atomic mass is 11.9. The minimum absolute atomic E-state index is 0.124. The van der Waals surface area contributed by atoms with Gasteiger partial charge in [-0.1, -0.05) is 14.2 Å². The van der Waals surface area contributed by atoms with Crippen molar-refractivity contribution in [3.63, 3.8) is 0 Å². The molecule has 0 aromatic rings. The Morgan fingerprint density at radius 1 is 1.80 bits per heavy atom. The summed E-state index contributed by atoms with van der Waals surface area (Å²) in [6.45, 7) is 4.43. The highest BCUT2D eigenvalue weighted by Crippen LogP contribution is 2.11. The molecule has 0 N–H and O–H groups in total. The van der Waals surface area contributed by atoms with Gasteiger partial charge < -0.3 is 0 Å². The van der Waals surface area contributed by atoms with Crippen LogP contribution in [-0.2, 0) is 0 Å². The zero-order valence-corrected chi connectivity index (χ0v) is 5.39. The summed E-state index contributed by atoms with van der Waals surface area (Å²) in [5, 5.41) is 0. The molecule has 0 aliphatic carbocycles. The lowest BCUT2D eigenvalue weighted by Crippen LogP contribution is -1.19. The van der Waals surface area contributed by atoms with Crippen molar-refractivity contribution in [2.75, 3.05) is 13.3 Å². The third-order valence-corrected chi connectivity index (χ3v) is 3.07. The third kappa shape index (κ3) is 4.47. The van der Waals surface area contributed by atoms with Gasteiger partial charge in [-0.15, -0.1) is 6.83 Å². The highest BCUT2D eigenvalue weighted by molar-refractivity contribution is 7.91. The van der Waals surface area contributed by atoms with Crippen LogP contribution < -0.4 is 0 Å². The molecule has 5 heavy (non-hydrogen) atoms. The maximum atomic E-state index is 3.81. The molecule has 0 bridgehead atoms. The molecule has 0 saturated carbocycles. The first-order chi connectivity index (χ1) is 2.27. The molecule has 30 valence electrons. The van der Waals surface area contributed by atoms with E-state index >= 15 is 0 Å². The molecule has 2 heteroatoms. The fourth-order valence-corrected chi connectivity index (χ4v) is 0. The zero-order valence-electron chi connectivity index (χ0n) is 3.60. The van der Waals surface area contributed by atoms with E-state index in [1.165, 1.54) is 7.87 Å². The van der Waals surface area contributed by atoms with Gasteiger partial charge >= 0.3 is 0 Å². The van der Waals surface area contributed by atoms with E-state index in [9.17, 15) is 0 Å². The van der Waals surface area contributed by atoms with E-state index in [0.717, 1.165) is 0 Å². The van der Waals surface area contributed by atoms with Gasteiger partial charge in [0, 0.05) is 0 Å². The van der Waals surface area contributed by atoms with Gasteiger partial charge in [0.1, 0.15) is 0 Å². The first-order valence-corrected chi connectivity index (χ1v) is 5.43. The van der Waals surface area contributed by atoms with Gasteiger partial charge in [0.15, 0.2) is 0 Å². The summed E-state index contributed by atoms with van der Waals surface area (Å²) in [6.07, 6.45) is 3.81. The van der Waals surface area contributed by atoms with E-state index in [4.69, 9.17) is 0 Å². The molecule has 0 amide bonds. The molecule has 0 heterocycles. The van der Waals surface area contributed by atoms with Crippen LogP contribution in [0.1, 0.15) is 0 Å². The van der Waals surface area contributed by atoms with Crippen molar-refractivity contribution in [3.8, 4) is 0 Å². The minimum Gasteiger partial charge on any atom is -0.111 e. The average molecular weight is 106 g/mol. The minimum atomic E-state index is 0.124. The van der Waals surface area contributed by atoms with Crippen LogP contribution in [0.3, 0.4) is 0 Å². The first kappa shape index (κ1) is 5.47. The largest absolute Gasteiger partial charge is 0.111 e. The molecule has 0 aromatic carbocycles. The van der Waals surface area contributed by atoms with Crippen LogP contribution >= 0.6 is 14.7 Å². The van der Waals surface area contributed by atoms with E-state index in [-0.39, 0.29) is 6.83 Å². The Morgan fingerprint density at radius 3 is 2.00 bits per heavy atom. The van der Waals surface area contributed by atoms with Crippen LogP contribution in [0, 0.1) is 0 Å². The molecule has 0 aliphatic heterocycles. The van der Waals surface area contributed by atoms with Crippen molar-refractivity contribution >= 4 is 21.0 Å². The van der Waals surface area contributed by atoms with E-state index in [1.54, 1.807) is 0 Å². The molecular weight excluding hydrogens is 98.0 g/mol. The van der Waals surface area contributed by atoms with Crippen molar-refractivity contribution in [2.24, 2.45) is 0 Å². The van der Waals surface area contributed by atoms with Crippen molar-refractivity contribution in [3.05, 3.63) is 0 Å². The maximum Gasteiger partial charge on any atom is -0.0186 e. The smallest absolute Gasteiger partial charge is 0.0186 e. The molecule has 1 atom stereocenters. The first-order valence-electron chi connectivity index (χ1n) is 1.41. The van der Waals surface area contributed by atoms with Crippen LogP contribution in [0.5, 0.6) is 0 Å². The molecule has 0 aliphatic rings. The molecule has 1 unspecified atom stereocenters. The van der Waals surface area contributed by atoms with Gasteiger partial charge in [-0.2, -0.15) is 0 Å². The van der Waals surface area contributed by atoms with Gasteiger partial charge in [-0.3, -0.25) is 0 Å². The normalized spacial score (nSPS) is 12.0. The van der Waals surface area contributed by atoms with Crippen molar-refractivity contribution < 1.29 is 0 Å². The quantitative estimate of drug-likeness (QED) is 0.414. The summed E-state index contributed by atoms with van der Waals surface area (Å²) in [5.41, 5.74) is 0. The van der Waals surface area contributed by atoms with Crippen LogP contribution in [-0.4, -0.2) is 19.6 Å². The molecule has 0 nitrogen and oxygen atoms in total. The van der Waals surface area contributed by atoms with Crippen molar-refractivity contribution in [1.29, 1.82) is 0 Å². The Labute approximate surface area is 35.2 Å². The third-order valence-electron chi connectivity index (χ3n) is 0.341. The van der Waals surface area contributed by atoms with Crippen molar-refractivity contribution in [2.45, 2.75) is 0 Å². The second kappa shape index (κ2) is 2.69. The molecule has 0 spiro atoms. The molecule has 0 radical (unpaired) electrons. The predicted octanol–water partition coefficient (Wildman–Crippen LogP) is 2.02. The van der Waals surface area contributed by atoms with E-state index in [1.807, 2.05) is 0 Å². The fourth-order valence-electron chi connectivity index (χ4n) is 0. The molecule has 0 aromatic heterocycles. The van der Waals surface area contributed by atoms with E-state index in [2.05, 4.69) is 19.6 Å². The summed E-state index contributed by atoms with van der Waals surface area (Å²) in [6, 6.07) is 0. The second-order valence-corrected chi connectivity index (χ2v) is 5.82. The summed E-state index contributed by atoms with van der Waals surface area (Å²) < 4.78 is 0. The predicted molar refractivity (Wildman–Crippen MR) is 32.8 cm³/mol. The Balaban J connectivity index is 3.62. The monoisotopic (exact) mass is 106 g/mol. The highest BCUT2D eigenvalue weighted by Gasteiger charge is 1.46. The summed E-state index contributed by atoms with van der Waals surface area (Å²) in [4.78, 5) is 0. The van der Waals surface area contributed by atoms with Crippen molar-refractivity contribution in [1.82, 2.24) is 0 Å². The maximum absolute atomic E-state index is 3.81. The molecule has 0 saturated heterocycles. The lowest BCUT2D eigenvalue weighted by Gasteiger charge is -1.62. The summed E-state index contributed by atoms with van der Waals surface area (Å²) in [7, 11) is 1.45. The Morgan fingerprint density at radius 2 is 2.00 bits per heavy atom. The number of hydrogen-bond donors (Lipinski definition) is 0. The standard InChI is InChI=1S/C3H8P2/c1-4-5(2)3/h2H2,1,3H3. The average Bonchev–Trinajstić information content (AvgIpc) is 1.38. The zero-order chi connectivity index (χ0) is 4.28. The Kier molecular flexibility index (Phi) is 2.95. The SMILES string of the molecule is C=P(C)=PC. The van der Waals surface area contributed by atoms with Crippen LogP contribution in [0.4, 0.5) is 0 Å². The lowest BCUT2D eigenvalue weighted by molar-refractivity contribution is 2.48. The van der Waals surface area contributed by atoms with Crippen LogP contribution in [0.25, 0.3) is 0 Å². The van der Waals surface area contributed by atoms with Gasteiger partial charge in [-0.25, -0.2) is 0 Å². The molecular formula is C3H8P2.